The predicted molar refractivity (Wildman–Crippen MR) is 71.7 cm³/mol. The second-order valence-corrected chi connectivity index (χ2v) is 5.29. The maximum Gasteiger partial charge on any atom is 0.233 e. The molecule has 0 spiro atoms. The molecule has 1 aliphatic rings. The van der Waals surface area contributed by atoms with E-state index in [-0.39, 0.29) is 17.7 Å². The molecule has 2 aromatic heterocycles. The second-order valence-electron chi connectivity index (χ2n) is 5.29. The summed E-state index contributed by atoms with van der Waals surface area (Å²) in [4.78, 5) is 22.0. The van der Waals surface area contributed by atoms with E-state index in [2.05, 4.69) is 15.1 Å². The number of rotatable bonds is 3. The van der Waals surface area contributed by atoms with Crippen molar-refractivity contribution in [1.82, 2.24) is 20.0 Å². The van der Waals surface area contributed by atoms with Crippen molar-refractivity contribution in [2.75, 3.05) is 13.1 Å². The maximum absolute atomic E-state index is 11.8. The van der Waals surface area contributed by atoms with E-state index in [1.54, 1.807) is 12.4 Å². The normalized spacial score (nSPS) is 15.4. The van der Waals surface area contributed by atoms with Crippen molar-refractivity contribution in [3.63, 3.8) is 0 Å². The van der Waals surface area contributed by atoms with Crippen LogP contribution in [-0.4, -0.2) is 39.0 Å². The third kappa shape index (κ3) is 2.29. The molecule has 2 aromatic rings. The summed E-state index contributed by atoms with van der Waals surface area (Å²) in [7, 11) is 0. The summed E-state index contributed by atoms with van der Waals surface area (Å²) in [5, 5.41) is 3.96. The minimum absolute atomic E-state index is 0.0320. The van der Waals surface area contributed by atoms with Crippen LogP contribution < -0.4 is 0 Å². The summed E-state index contributed by atoms with van der Waals surface area (Å²) in [5.41, 5.74) is 0.830. The Bertz CT molecular complexity index is 603. The van der Waals surface area contributed by atoms with Crippen LogP contribution in [0.5, 0.6) is 0 Å². The molecule has 0 N–H and O–H groups in total. The summed E-state index contributed by atoms with van der Waals surface area (Å²) in [6.45, 7) is 5.13. The van der Waals surface area contributed by atoms with Crippen LogP contribution in [-0.2, 0) is 4.79 Å². The van der Waals surface area contributed by atoms with Gasteiger partial charge < -0.3 is 9.42 Å². The lowest BCUT2D eigenvalue weighted by Gasteiger charge is -2.38. The van der Waals surface area contributed by atoms with Gasteiger partial charge in [0.1, 0.15) is 0 Å². The lowest BCUT2D eigenvalue weighted by molar-refractivity contribution is -0.139. The minimum Gasteiger partial charge on any atom is -0.341 e. The standard InChI is InChI=1S/C14H16N4O2/c1-9(2)14(19)18-7-11(8-18)13-16-12(17-20-13)10-4-3-5-15-6-10/h3-6,9,11H,7-8H2,1-2H3. The fourth-order valence-corrected chi connectivity index (χ4v) is 2.19. The zero-order chi connectivity index (χ0) is 14.1. The Morgan fingerprint density at radius 2 is 2.25 bits per heavy atom. The van der Waals surface area contributed by atoms with E-state index in [9.17, 15) is 4.79 Å². The van der Waals surface area contributed by atoms with Gasteiger partial charge in [0.2, 0.25) is 17.6 Å². The number of carbonyl (C=O) groups excluding carboxylic acids is 1. The number of nitrogens with zero attached hydrogens (tertiary/aromatic N) is 4. The summed E-state index contributed by atoms with van der Waals surface area (Å²) >= 11 is 0. The van der Waals surface area contributed by atoms with Gasteiger partial charge in [-0.25, -0.2) is 0 Å². The molecule has 0 unspecified atom stereocenters. The number of pyridine rings is 1. The van der Waals surface area contributed by atoms with Crippen LogP contribution in [0.4, 0.5) is 0 Å². The molecule has 1 saturated heterocycles. The van der Waals surface area contributed by atoms with Crippen LogP contribution in [0.3, 0.4) is 0 Å². The molecule has 0 radical (unpaired) electrons. The van der Waals surface area contributed by atoms with E-state index in [1.165, 1.54) is 0 Å². The Hall–Kier alpha value is -2.24. The summed E-state index contributed by atoms with van der Waals surface area (Å²) in [5.74, 6) is 1.49. The topological polar surface area (TPSA) is 72.1 Å². The molecule has 1 fully saturated rings. The predicted octanol–water partition coefficient (Wildman–Crippen LogP) is 1.71. The van der Waals surface area contributed by atoms with E-state index in [1.807, 2.05) is 30.9 Å². The quantitative estimate of drug-likeness (QED) is 0.850. The van der Waals surface area contributed by atoms with Gasteiger partial charge in [0.25, 0.3) is 0 Å². The van der Waals surface area contributed by atoms with E-state index in [4.69, 9.17) is 4.52 Å². The molecule has 1 amide bonds. The molecule has 20 heavy (non-hydrogen) atoms. The summed E-state index contributed by atoms with van der Waals surface area (Å²) in [6, 6.07) is 3.72. The Morgan fingerprint density at radius 1 is 1.45 bits per heavy atom. The van der Waals surface area contributed by atoms with Crippen molar-refractivity contribution in [3.05, 3.63) is 30.4 Å². The average molecular weight is 272 g/mol. The van der Waals surface area contributed by atoms with E-state index >= 15 is 0 Å². The number of hydrogen-bond donors (Lipinski definition) is 0. The molecule has 1 aliphatic heterocycles. The molecular weight excluding hydrogens is 256 g/mol. The highest BCUT2D eigenvalue weighted by molar-refractivity contribution is 5.79. The highest BCUT2D eigenvalue weighted by atomic mass is 16.5. The zero-order valence-corrected chi connectivity index (χ0v) is 11.5. The largest absolute Gasteiger partial charge is 0.341 e. The van der Waals surface area contributed by atoms with Gasteiger partial charge in [0, 0.05) is 37.0 Å². The molecule has 0 bridgehead atoms. The van der Waals surface area contributed by atoms with Crippen molar-refractivity contribution in [1.29, 1.82) is 0 Å². The molecule has 0 atom stereocenters. The molecule has 0 saturated carbocycles. The Balaban J connectivity index is 1.67. The Kier molecular flexibility index (Phi) is 3.22. The number of aromatic nitrogens is 3. The first kappa shape index (κ1) is 12.8. The SMILES string of the molecule is CC(C)C(=O)N1CC(c2nc(-c3cccnc3)no2)C1. The second kappa shape index (κ2) is 5.03. The first-order valence-corrected chi connectivity index (χ1v) is 6.68. The van der Waals surface area contributed by atoms with Crippen LogP contribution in [0.1, 0.15) is 25.7 Å². The third-order valence-corrected chi connectivity index (χ3v) is 3.40. The van der Waals surface area contributed by atoms with Gasteiger partial charge in [0.05, 0.1) is 5.92 Å². The number of likely N-dealkylation sites (tertiary alicyclic amines) is 1. The Morgan fingerprint density at radius 3 is 2.90 bits per heavy atom. The van der Waals surface area contributed by atoms with Crippen molar-refractivity contribution in [3.8, 4) is 11.4 Å². The van der Waals surface area contributed by atoms with Crippen molar-refractivity contribution < 1.29 is 9.32 Å². The molecule has 104 valence electrons. The molecule has 3 heterocycles. The van der Waals surface area contributed by atoms with E-state index in [0.717, 1.165) is 5.56 Å². The molecule has 6 nitrogen and oxygen atoms in total. The van der Waals surface area contributed by atoms with Gasteiger partial charge in [-0.3, -0.25) is 9.78 Å². The van der Waals surface area contributed by atoms with Gasteiger partial charge in [-0.2, -0.15) is 4.98 Å². The summed E-state index contributed by atoms with van der Waals surface area (Å²) in [6.07, 6.45) is 3.40. The molecule has 3 rings (SSSR count). The van der Waals surface area contributed by atoms with Gasteiger partial charge in [-0.1, -0.05) is 19.0 Å². The smallest absolute Gasteiger partial charge is 0.233 e. The van der Waals surface area contributed by atoms with E-state index in [0.29, 0.717) is 24.8 Å². The van der Waals surface area contributed by atoms with Gasteiger partial charge in [-0.15, -0.1) is 0 Å². The molecular formula is C14H16N4O2. The van der Waals surface area contributed by atoms with Crippen LogP contribution >= 0.6 is 0 Å². The van der Waals surface area contributed by atoms with Gasteiger partial charge in [-0.05, 0) is 12.1 Å². The fraction of sp³-hybridized carbons (Fsp3) is 0.429. The van der Waals surface area contributed by atoms with Gasteiger partial charge in [0.15, 0.2) is 0 Å². The molecule has 0 aromatic carbocycles. The highest BCUT2D eigenvalue weighted by Crippen LogP contribution is 2.28. The number of hydrogen-bond acceptors (Lipinski definition) is 5. The number of amides is 1. The van der Waals surface area contributed by atoms with Crippen molar-refractivity contribution in [2.45, 2.75) is 19.8 Å². The zero-order valence-electron chi connectivity index (χ0n) is 11.5. The maximum atomic E-state index is 11.8. The molecule has 6 heteroatoms. The van der Waals surface area contributed by atoms with Gasteiger partial charge >= 0.3 is 0 Å². The first-order chi connectivity index (χ1) is 9.65. The third-order valence-electron chi connectivity index (χ3n) is 3.40. The lowest BCUT2D eigenvalue weighted by Crippen LogP contribution is -2.50. The number of carbonyl (C=O) groups is 1. The monoisotopic (exact) mass is 272 g/mol. The van der Waals surface area contributed by atoms with E-state index < -0.39 is 0 Å². The van der Waals surface area contributed by atoms with Crippen LogP contribution in [0.15, 0.2) is 29.0 Å². The van der Waals surface area contributed by atoms with Crippen LogP contribution in [0.25, 0.3) is 11.4 Å². The van der Waals surface area contributed by atoms with Crippen LogP contribution in [0.2, 0.25) is 0 Å². The first-order valence-electron chi connectivity index (χ1n) is 6.68. The fourth-order valence-electron chi connectivity index (χ4n) is 2.19. The van der Waals surface area contributed by atoms with Crippen molar-refractivity contribution in [2.24, 2.45) is 5.92 Å². The summed E-state index contributed by atoms with van der Waals surface area (Å²) < 4.78 is 5.28. The minimum atomic E-state index is 0.0320. The molecule has 0 aliphatic carbocycles. The van der Waals surface area contributed by atoms with Crippen molar-refractivity contribution >= 4 is 5.91 Å². The highest BCUT2D eigenvalue weighted by Gasteiger charge is 2.36. The Labute approximate surface area is 116 Å². The average Bonchev–Trinajstić information content (AvgIpc) is 2.87. The van der Waals surface area contributed by atoms with Crippen LogP contribution in [0, 0.1) is 5.92 Å². The lowest BCUT2D eigenvalue weighted by atomic mass is 9.98.